The molecule has 0 bridgehead atoms. The summed E-state index contributed by atoms with van der Waals surface area (Å²) in [4.78, 5) is 25.4. The van der Waals surface area contributed by atoms with E-state index in [4.69, 9.17) is 9.84 Å². The largest absolute Gasteiger partial charge is 0.481 e. The van der Waals surface area contributed by atoms with Crippen molar-refractivity contribution >= 4 is 11.9 Å². The van der Waals surface area contributed by atoms with Crippen molar-refractivity contribution in [2.75, 3.05) is 20.3 Å². The quantitative estimate of drug-likeness (QED) is 0.768. The van der Waals surface area contributed by atoms with Gasteiger partial charge in [-0.25, -0.2) is 0 Å². The minimum absolute atomic E-state index is 0.00745. The first-order chi connectivity index (χ1) is 8.41. The van der Waals surface area contributed by atoms with Gasteiger partial charge in [0.2, 0.25) is 5.91 Å². The molecule has 0 aromatic heterocycles. The molecule has 0 aliphatic heterocycles. The number of amides is 1. The third-order valence-electron chi connectivity index (χ3n) is 4.17. The van der Waals surface area contributed by atoms with E-state index in [-0.39, 0.29) is 11.8 Å². The minimum atomic E-state index is -0.860. The third kappa shape index (κ3) is 2.23. The maximum Gasteiger partial charge on any atom is 0.307 e. The van der Waals surface area contributed by atoms with Crippen LogP contribution in [-0.4, -0.2) is 48.2 Å². The summed E-state index contributed by atoms with van der Waals surface area (Å²) in [6, 6.07) is 0.304. The number of carboxylic acids is 1. The van der Waals surface area contributed by atoms with E-state index < -0.39 is 17.3 Å². The second-order valence-electron chi connectivity index (χ2n) is 5.87. The van der Waals surface area contributed by atoms with E-state index in [0.29, 0.717) is 19.2 Å². The molecule has 0 aromatic carbocycles. The van der Waals surface area contributed by atoms with Crippen LogP contribution in [0.15, 0.2) is 0 Å². The molecule has 2 unspecified atom stereocenters. The Morgan fingerprint density at radius 2 is 1.94 bits per heavy atom. The SMILES string of the molecule is COCCN(C(=O)C1C(C(=O)O)C1(C)C)C1CC1. The Kier molecular flexibility index (Phi) is 3.36. The van der Waals surface area contributed by atoms with E-state index in [1.807, 2.05) is 18.7 Å². The van der Waals surface area contributed by atoms with Gasteiger partial charge in [0.15, 0.2) is 0 Å². The van der Waals surface area contributed by atoms with E-state index in [1.165, 1.54) is 0 Å². The average molecular weight is 255 g/mol. The number of rotatable bonds is 6. The van der Waals surface area contributed by atoms with Gasteiger partial charge in [0.25, 0.3) is 0 Å². The first-order valence-corrected chi connectivity index (χ1v) is 6.43. The molecule has 2 aliphatic carbocycles. The number of carbonyl (C=O) groups excluding carboxylic acids is 1. The van der Waals surface area contributed by atoms with Gasteiger partial charge in [-0.05, 0) is 18.3 Å². The molecule has 0 spiro atoms. The highest BCUT2D eigenvalue weighted by atomic mass is 16.5. The minimum Gasteiger partial charge on any atom is -0.481 e. The molecule has 5 nitrogen and oxygen atoms in total. The van der Waals surface area contributed by atoms with Gasteiger partial charge in [-0.1, -0.05) is 13.8 Å². The number of nitrogens with zero attached hydrogens (tertiary/aromatic N) is 1. The Bertz CT molecular complexity index is 362. The molecule has 0 heterocycles. The van der Waals surface area contributed by atoms with Crippen molar-refractivity contribution in [1.82, 2.24) is 4.90 Å². The lowest BCUT2D eigenvalue weighted by atomic mass is 10.1. The van der Waals surface area contributed by atoms with E-state index in [0.717, 1.165) is 12.8 Å². The molecule has 2 saturated carbocycles. The van der Waals surface area contributed by atoms with Crippen molar-refractivity contribution in [3.8, 4) is 0 Å². The van der Waals surface area contributed by atoms with Gasteiger partial charge >= 0.3 is 5.97 Å². The molecule has 0 radical (unpaired) electrons. The summed E-state index contributed by atoms with van der Waals surface area (Å²) in [7, 11) is 1.61. The van der Waals surface area contributed by atoms with Crippen LogP contribution < -0.4 is 0 Å². The van der Waals surface area contributed by atoms with Crippen molar-refractivity contribution in [1.29, 1.82) is 0 Å². The molecule has 2 fully saturated rings. The van der Waals surface area contributed by atoms with Crippen LogP contribution in [0.2, 0.25) is 0 Å². The van der Waals surface area contributed by atoms with Crippen LogP contribution in [0.3, 0.4) is 0 Å². The zero-order chi connectivity index (χ0) is 13.5. The summed E-state index contributed by atoms with van der Waals surface area (Å²) in [5, 5.41) is 9.12. The molecular weight excluding hydrogens is 234 g/mol. The van der Waals surface area contributed by atoms with Crippen molar-refractivity contribution < 1.29 is 19.4 Å². The summed E-state index contributed by atoms with van der Waals surface area (Å²) < 4.78 is 5.02. The number of hydrogen-bond acceptors (Lipinski definition) is 3. The fraction of sp³-hybridized carbons (Fsp3) is 0.846. The van der Waals surface area contributed by atoms with Crippen molar-refractivity contribution in [3.05, 3.63) is 0 Å². The number of methoxy groups -OCH3 is 1. The summed E-state index contributed by atoms with van der Waals surface area (Å²) in [6.07, 6.45) is 2.06. The Hall–Kier alpha value is -1.10. The summed E-state index contributed by atoms with van der Waals surface area (Å²) in [6.45, 7) is 4.79. The van der Waals surface area contributed by atoms with Crippen LogP contribution in [0.5, 0.6) is 0 Å². The van der Waals surface area contributed by atoms with Gasteiger partial charge in [0, 0.05) is 19.7 Å². The van der Waals surface area contributed by atoms with Gasteiger partial charge in [0.1, 0.15) is 0 Å². The fourth-order valence-corrected chi connectivity index (χ4v) is 2.79. The monoisotopic (exact) mass is 255 g/mol. The molecule has 1 N–H and O–H groups in total. The molecule has 2 rings (SSSR count). The van der Waals surface area contributed by atoms with Gasteiger partial charge in [-0.2, -0.15) is 0 Å². The molecule has 0 saturated heterocycles. The molecule has 1 amide bonds. The molecule has 0 aromatic rings. The maximum absolute atomic E-state index is 12.4. The molecule has 18 heavy (non-hydrogen) atoms. The van der Waals surface area contributed by atoms with Crippen LogP contribution in [0.4, 0.5) is 0 Å². The molecule has 102 valence electrons. The highest BCUT2D eigenvalue weighted by Gasteiger charge is 2.67. The highest BCUT2D eigenvalue weighted by Crippen LogP contribution is 2.59. The van der Waals surface area contributed by atoms with Gasteiger partial charge in [-0.15, -0.1) is 0 Å². The topological polar surface area (TPSA) is 66.8 Å². The van der Waals surface area contributed by atoms with Gasteiger partial charge < -0.3 is 14.7 Å². The third-order valence-corrected chi connectivity index (χ3v) is 4.17. The molecular formula is C13H21NO4. The summed E-state index contributed by atoms with van der Waals surface area (Å²) in [5.74, 6) is -1.77. The zero-order valence-corrected chi connectivity index (χ0v) is 11.2. The lowest BCUT2D eigenvalue weighted by molar-refractivity contribution is -0.142. The number of carboxylic acid groups (broad SMARTS) is 1. The molecule has 2 atom stereocenters. The first-order valence-electron chi connectivity index (χ1n) is 6.43. The van der Waals surface area contributed by atoms with E-state index in [2.05, 4.69) is 0 Å². The van der Waals surface area contributed by atoms with Crippen LogP contribution in [0.25, 0.3) is 0 Å². The second kappa shape index (κ2) is 4.53. The second-order valence-corrected chi connectivity index (χ2v) is 5.87. The Morgan fingerprint density at radius 3 is 2.33 bits per heavy atom. The normalized spacial score (nSPS) is 28.8. The zero-order valence-electron chi connectivity index (χ0n) is 11.2. The van der Waals surface area contributed by atoms with Crippen molar-refractivity contribution in [3.63, 3.8) is 0 Å². The lowest BCUT2D eigenvalue weighted by Crippen LogP contribution is -2.38. The van der Waals surface area contributed by atoms with Gasteiger partial charge in [-0.3, -0.25) is 9.59 Å². The average Bonchev–Trinajstić information content (AvgIpc) is 3.14. The fourth-order valence-electron chi connectivity index (χ4n) is 2.79. The van der Waals surface area contributed by atoms with Crippen molar-refractivity contribution in [2.45, 2.75) is 32.7 Å². The van der Waals surface area contributed by atoms with Crippen LogP contribution in [-0.2, 0) is 14.3 Å². The van der Waals surface area contributed by atoms with Crippen LogP contribution in [0.1, 0.15) is 26.7 Å². The first kappa shape index (κ1) is 13.3. The van der Waals surface area contributed by atoms with E-state index in [9.17, 15) is 9.59 Å². The smallest absolute Gasteiger partial charge is 0.307 e. The lowest BCUT2D eigenvalue weighted by Gasteiger charge is -2.22. The highest BCUT2D eigenvalue weighted by molar-refractivity contribution is 5.92. The Morgan fingerprint density at radius 1 is 1.33 bits per heavy atom. The Labute approximate surface area is 107 Å². The molecule has 2 aliphatic rings. The molecule has 5 heteroatoms. The van der Waals surface area contributed by atoms with Gasteiger partial charge in [0.05, 0.1) is 18.4 Å². The number of carbonyl (C=O) groups is 2. The number of aliphatic carboxylic acids is 1. The maximum atomic E-state index is 12.4. The van der Waals surface area contributed by atoms with Crippen LogP contribution in [0, 0.1) is 17.3 Å². The van der Waals surface area contributed by atoms with Crippen LogP contribution >= 0.6 is 0 Å². The number of ether oxygens (including phenoxy) is 1. The predicted molar refractivity (Wildman–Crippen MR) is 65.0 cm³/mol. The summed E-state index contributed by atoms with van der Waals surface area (Å²) in [5.41, 5.74) is -0.414. The predicted octanol–water partition coefficient (Wildman–Crippen LogP) is 0.981. The number of hydrogen-bond donors (Lipinski definition) is 1. The van der Waals surface area contributed by atoms with E-state index in [1.54, 1.807) is 7.11 Å². The van der Waals surface area contributed by atoms with E-state index >= 15 is 0 Å². The standard InChI is InChI=1S/C13H21NO4/c1-13(2)9(10(13)12(16)17)11(15)14(6-7-18-3)8-4-5-8/h8-10H,4-7H2,1-3H3,(H,16,17). The Balaban J connectivity index is 2.03. The van der Waals surface area contributed by atoms with Crippen molar-refractivity contribution in [2.24, 2.45) is 17.3 Å². The summed E-state index contributed by atoms with van der Waals surface area (Å²) >= 11 is 0.